The molecule has 1 nitrogen and oxygen atoms in total. The molecule has 0 bridgehead atoms. The summed E-state index contributed by atoms with van der Waals surface area (Å²) in [5, 5.41) is 0. The summed E-state index contributed by atoms with van der Waals surface area (Å²) in [6, 6.07) is 3.92. The van der Waals surface area contributed by atoms with Crippen molar-refractivity contribution in [3.05, 3.63) is 21.3 Å². The molecule has 1 aromatic heterocycles. The van der Waals surface area contributed by atoms with Crippen molar-refractivity contribution < 1.29 is 0 Å². The summed E-state index contributed by atoms with van der Waals surface area (Å²) in [4.78, 5) is 1.81. The molecule has 2 N–H and O–H groups in total. The third-order valence-corrected chi connectivity index (χ3v) is 3.22. The zero-order valence-electron chi connectivity index (χ0n) is 6.71. The van der Waals surface area contributed by atoms with Crippen LogP contribution in [0.15, 0.2) is 12.1 Å². The molecule has 0 aliphatic rings. The third kappa shape index (κ3) is 2.73. The van der Waals surface area contributed by atoms with E-state index in [2.05, 4.69) is 6.92 Å². The van der Waals surface area contributed by atoms with Crippen molar-refractivity contribution in [1.29, 1.82) is 0 Å². The van der Waals surface area contributed by atoms with Crippen molar-refractivity contribution >= 4 is 40.1 Å². The van der Waals surface area contributed by atoms with Crippen LogP contribution in [-0.2, 0) is 0 Å². The van der Waals surface area contributed by atoms with E-state index in [0.29, 0.717) is 10.9 Å². The first kappa shape index (κ1) is 9.96. The van der Waals surface area contributed by atoms with Crippen molar-refractivity contribution in [3.8, 4) is 0 Å². The lowest BCUT2D eigenvalue weighted by molar-refractivity contribution is 0.826. The quantitative estimate of drug-likeness (QED) is 0.791. The molecule has 4 heteroatoms. The van der Waals surface area contributed by atoms with E-state index < -0.39 is 0 Å². The van der Waals surface area contributed by atoms with Crippen LogP contribution >= 0.6 is 35.2 Å². The number of halogens is 1. The van der Waals surface area contributed by atoms with Crippen LogP contribution in [0.5, 0.6) is 0 Å². The van der Waals surface area contributed by atoms with Crippen LogP contribution in [0.4, 0.5) is 0 Å². The number of thiophene rings is 1. The molecule has 1 unspecified atom stereocenters. The minimum atomic E-state index is 0.389. The molecule has 1 atom stereocenters. The first-order valence-corrected chi connectivity index (χ1v) is 5.23. The highest BCUT2D eigenvalue weighted by Gasteiger charge is 2.08. The Morgan fingerprint density at radius 3 is 2.83 bits per heavy atom. The third-order valence-electron chi connectivity index (χ3n) is 1.59. The zero-order chi connectivity index (χ0) is 9.14. The summed E-state index contributed by atoms with van der Waals surface area (Å²) < 4.78 is 0.819. The summed E-state index contributed by atoms with van der Waals surface area (Å²) in [5.41, 5.74) is 5.44. The Bertz CT molecular complexity index is 282. The minimum Gasteiger partial charge on any atom is -0.393 e. The molecule has 66 valence electrons. The van der Waals surface area contributed by atoms with Gasteiger partial charge in [-0.25, -0.2) is 0 Å². The molecule has 0 fully saturated rings. The van der Waals surface area contributed by atoms with E-state index in [1.165, 1.54) is 4.88 Å². The van der Waals surface area contributed by atoms with Crippen molar-refractivity contribution in [3.63, 3.8) is 0 Å². The number of hydrogen-bond donors (Lipinski definition) is 1. The first-order valence-electron chi connectivity index (χ1n) is 3.63. The van der Waals surface area contributed by atoms with E-state index in [9.17, 15) is 0 Å². The lowest BCUT2D eigenvalue weighted by atomic mass is 10.1. The van der Waals surface area contributed by atoms with Gasteiger partial charge in [-0.15, -0.1) is 11.3 Å². The maximum absolute atomic E-state index is 5.80. The van der Waals surface area contributed by atoms with Gasteiger partial charge >= 0.3 is 0 Å². The topological polar surface area (TPSA) is 26.0 Å². The second kappa shape index (κ2) is 4.21. The molecule has 1 rings (SSSR count). The summed E-state index contributed by atoms with van der Waals surface area (Å²) in [6.07, 6.45) is 0.756. The van der Waals surface area contributed by atoms with Crippen molar-refractivity contribution in [1.82, 2.24) is 0 Å². The van der Waals surface area contributed by atoms with Crippen LogP contribution in [0.25, 0.3) is 0 Å². The van der Waals surface area contributed by atoms with Gasteiger partial charge in [0.1, 0.15) is 0 Å². The van der Waals surface area contributed by atoms with Gasteiger partial charge in [-0.2, -0.15) is 0 Å². The van der Waals surface area contributed by atoms with Gasteiger partial charge in [0, 0.05) is 11.3 Å². The molecule has 0 spiro atoms. The highest BCUT2D eigenvalue weighted by molar-refractivity contribution is 7.80. The largest absolute Gasteiger partial charge is 0.393 e. The van der Waals surface area contributed by atoms with Crippen LogP contribution in [0.1, 0.15) is 24.1 Å². The molecule has 0 saturated carbocycles. The lowest BCUT2D eigenvalue weighted by Crippen LogP contribution is -2.10. The van der Waals surface area contributed by atoms with Gasteiger partial charge in [0.25, 0.3) is 0 Å². The summed E-state index contributed by atoms with van der Waals surface area (Å²) in [6.45, 7) is 2.10. The smallest absolute Gasteiger partial charge is 0.0931 e. The molecule has 0 aliphatic carbocycles. The number of nitrogens with two attached hydrogens (primary N) is 1. The molecule has 0 saturated heterocycles. The van der Waals surface area contributed by atoms with Crippen molar-refractivity contribution in [2.75, 3.05) is 0 Å². The molecule has 1 aromatic rings. The fourth-order valence-electron chi connectivity index (χ4n) is 0.996. The fourth-order valence-corrected chi connectivity index (χ4v) is 2.36. The van der Waals surface area contributed by atoms with E-state index >= 15 is 0 Å². The molecule has 12 heavy (non-hydrogen) atoms. The summed E-state index contributed by atoms with van der Waals surface area (Å²) in [5.74, 6) is 0.389. The average molecular weight is 220 g/mol. The van der Waals surface area contributed by atoms with E-state index in [0.717, 1.165) is 10.8 Å². The zero-order valence-corrected chi connectivity index (χ0v) is 9.10. The first-order chi connectivity index (χ1) is 5.59. The Balaban J connectivity index is 2.64. The molecule has 0 radical (unpaired) electrons. The van der Waals surface area contributed by atoms with E-state index in [1.54, 1.807) is 11.3 Å². The molecule has 0 amide bonds. The predicted octanol–water partition coefficient (Wildman–Crippen LogP) is 3.18. The van der Waals surface area contributed by atoms with Gasteiger partial charge in [0.2, 0.25) is 0 Å². The van der Waals surface area contributed by atoms with Crippen molar-refractivity contribution in [2.24, 2.45) is 5.73 Å². The van der Waals surface area contributed by atoms with Gasteiger partial charge in [0.05, 0.1) is 9.32 Å². The fraction of sp³-hybridized carbons (Fsp3) is 0.375. The minimum absolute atomic E-state index is 0.389. The number of rotatable bonds is 3. The van der Waals surface area contributed by atoms with Crippen LogP contribution < -0.4 is 5.73 Å². The highest BCUT2D eigenvalue weighted by atomic mass is 35.5. The van der Waals surface area contributed by atoms with Crippen LogP contribution in [-0.4, -0.2) is 4.99 Å². The molecular weight excluding hydrogens is 210 g/mol. The monoisotopic (exact) mass is 219 g/mol. The normalized spacial score (nSPS) is 12.8. The highest BCUT2D eigenvalue weighted by Crippen LogP contribution is 2.29. The maximum Gasteiger partial charge on any atom is 0.0931 e. The van der Waals surface area contributed by atoms with E-state index in [1.807, 2.05) is 12.1 Å². The van der Waals surface area contributed by atoms with Gasteiger partial charge in [-0.3, -0.25) is 0 Å². The van der Waals surface area contributed by atoms with Gasteiger partial charge in [-0.05, 0) is 18.1 Å². The predicted molar refractivity (Wildman–Crippen MR) is 59.1 cm³/mol. The van der Waals surface area contributed by atoms with Gasteiger partial charge in [0.15, 0.2) is 0 Å². The average Bonchev–Trinajstić information content (AvgIpc) is 2.34. The summed E-state index contributed by atoms with van der Waals surface area (Å²) >= 11 is 12.2. The maximum atomic E-state index is 5.80. The van der Waals surface area contributed by atoms with Gasteiger partial charge in [-0.1, -0.05) is 30.7 Å². The Labute approximate surface area is 86.5 Å². The van der Waals surface area contributed by atoms with Crippen LogP contribution in [0.2, 0.25) is 4.34 Å². The lowest BCUT2D eigenvalue weighted by Gasteiger charge is -2.06. The molecular formula is C8H10ClNS2. The van der Waals surface area contributed by atoms with Crippen molar-refractivity contribution in [2.45, 2.75) is 19.3 Å². The SMILES string of the molecule is CC(CC(N)=S)c1ccc(Cl)s1. The number of hydrogen-bond acceptors (Lipinski definition) is 2. The van der Waals surface area contributed by atoms with Gasteiger partial charge < -0.3 is 5.73 Å². The number of thiocarbonyl (C=S) groups is 1. The molecule has 1 heterocycles. The molecule has 0 aliphatic heterocycles. The van der Waals surface area contributed by atoms with E-state index in [-0.39, 0.29) is 0 Å². The Morgan fingerprint density at radius 1 is 1.75 bits per heavy atom. The van der Waals surface area contributed by atoms with Crippen LogP contribution in [0.3, 0.4) is 0 Å². The summed E-state index contributed by atoms with van der Waals surface area (Å²) in [7, 11) is 0. The molecule has 0 aromatic carbocycles. The Kier molecular flexibility index (Phi) is 3.50. The Hall–Kier alpha value is -0.120. The second-order valence-corrected chi connectivity index (χ2v) is 4.98. The van der Waals surface area contributed by atoms with Crippen LogP contribution in [0, 0.1) is 0 Å². The second-order valence-electron chi connectivity index (χ2n) is 2.71. The Morgan fingerprint density at radius 2 is 2.42 bits per heavy atom. The standard InChI is InChI=1S/C8H10ClNS2/c1-5(4-8(10)11)6-2-3-7(9)12-6/h2-3,5H,4H2,1H3,(H2,10,11). The van der Waals surface area contributed by atoms with E-state index in [4.69, 9.17) is 29.6 Å².